The van der Waals surface area contributed by atoms with Gasteiger partial charge in [-0.15, -0.1) is 0 Å². The number of nitrogens with zero attached hydrogens (tertiary/aromatic N) is 3. The molecule has 1 N–H and O–H groups in total. The molecule has 0 bridgehead atoms. The molecular formula is C17H20F2N4O2S. The average Bonchev–Trinajstić information content (AvgIpc) is 3.04. The van der Waals surface area contributed by atoms with Gasteiger partial charge in [-0.1, -0.05) is 0 Å². The van der Waals surface area contributed by atoms with Gasteiger partial charge in [0.25, 0.3) is 11.8 Å². The fraction of sp³-hybridized carbons (Fsp3) is 0.471. The quantitative estimate of drug-likeness (QED) is 0.831. The zero-order chi connectivity index (χ0) is 18.6. The van der Waals surface area contributed by atoms with Crippen molar-refractivity contribution < 1.29 is 18.3 Å². The van der Waals surface area contributed by atoms with Gasteiger partial charge in [0.2, 0.25) is 5.88 Å². The number of hydrogen-bond acceptors (Lipinski definition) is 6. The maximum absolute atomic E-state index is 13.1. The molecule has 0 spiro atoms. The highest BCUT2D eigenvalue weighted by Gasteiger charge is 2.33. The summed E-state index contributed by atoms with van der Waals surface area (Å²) < 4.78 is 35.8. The highest BCUT2D eigenvalue weighted by atomic mass is 32.1. The predicted octanol–water partition coefficient (Wildman–Crippen LogP) is 3.21. The smallest absolute Gasteiger partial charge is 0.258 e. The normalized spacial score (nSPS) is 17.0. The number of halogens is 2. The lowest BCUT2D eigenvalue weighted by Gasteiger charge is -2.31. The van der Waals surface area contributed by atoms with Crippen molar-refractivity contribution in [2.45, 2.75) is 25.7 Å². The average molecular weight is 382 g/mol. The van der Waals surface area contributed by atoms with Crippen molar-refractivity contribution >= 4 is 23.1 Å². The number of amides is 1. The number of carbonyl (C=O) groups is 1. The van der Waals surface area contributed by atoms with Gasteiger partial charge in [-0.25, -0.2) is 13.8 Å². The summed E-state index contributed by atoms with van der Waals surface area (Å²) in [4.78, 5) is 18.2. The molecule has 26 heavy (non-hydrogen) atoms. The molecule has 3 rings (SSSR count). The molecule has 3 heterocycles. The number of aryl methyl sites for hydroxylation is 1. The summed E-state index contributed by atoms with van der Waals surface area (Å²) in [6, 6.07) is 3.37. The van der Waals surface area contributed by atoms with E-state index in [0.717, 1.165) is 0 Å². The lowest BCUT2D eigenvalue weighted by atomic mass is 10.1. The molecule has 0 unspecified atom stereocenters. The molecule has 0 aromatic carbocycles. The molecule has 1 amide bonds. The van der Waals surface area contributed by atoms with Crippen LogP contribution in [0, 0.1) is 6.92 Å². The SMILES string of the molecule is Cc1nscc1C(=O)Nc1ccc(OCCN2CCC(F)(F)CC2)nc1. The van der Waals surface area contributed by atoms with E-state index in [0.29, 0.717) is 49.1 Å². The number of pyridine rings is 1. The van der Waals surface area contributed by atoms with E-state index >= 15 is 0 Å². The minimum atomic E-state index is -2.53. The topological polar surface area (TPSA) is 67.3 Å². The highest BCUT2D eigenvalue weighted by molar-refractivity contribution is 7.04. The molecular weight excluding hydrogens is 362 g/mol. The molecule has 140 valence electrons. The van der Waals surface area contributed by atoms with Crippen LogP contribution in [0.3, 0.4) is 0 Å². The lowest BCUT2D eigenvalue weighted by molar-refractivity contribution is -0.0565. The molecule has 1 fully saturated rings. The van der Waals surface area contributed by atoms with E-state index in [-0.39, 0.29) is 18.7 Å². The number of aromatic nitrogens is 2. The van der Waals surface area contributed by atoms with E-state index in [2.05, 4.69) is 14.7 Å². The first-order valence-corrected chi connectivity index (χ1v) is 9.18. The zero-order valence-electron chi connectivity index (χ0n) is 14.4. The number of rotatable bonds is 6. The summed E-state index contributed by atoms with van der Waals surface area (Å²) in [6.45, 7) is 3.51. The van der Waals surface area contributed by atoms with E-state index in [9.17, 15) is 13.6 Å². The van der Waals surface area contributed by atoms with Crippen molar-refractivity contribution in [1.29, 1.82) is 0 Å². The largest absolute Gasteiger partial charge is 0.476 e. The Balaban J connectivity index is 1.43. The van der Waals surface area contributed by atoms with Crippen molar-refractivity contribution in [3.05, 3.63) is 35.0 Å². The Hall–Kier alpha value is -2.13. The van der Waals surface area contributed by atoms with E-state index in [1.165, 1.54) is 17.7 Å². The molecule has 0 aliphatic carbocycles. The Kier molecular flexibility index (Phi) is 5.77. The molecule has 0 atom stereocenters. The van der Waals surface area contributed by atoms with Crippen molar-refractivity contribution in [2.24, 2.45) is 0 Å². The Morgan fingerprint density at radius 3 is 2.77 bits per heavy atom. The van der Waals surface area contributed by atoms with E-state index in [4.69, 9.17) is 4.74 Å². The van der Waals surface area contributed by atoms with Gasteiger partial charge in [0, 0.05) is 43.9 Å². The van der Waals surface area contributed by atoms with Crippen LogP contribution in [-0.2, 0) is 0 Å². The third-order valence-electron chi connectivity index (χ3n) is 4.23. The molecule has 0 radical (unpaired) electrons. The second-order valence-electron chi connectivity index (χ2n) is 6.20. The summed E-state index contributed by atoms with van der Waals surface area (Å²) in [5.41, 5.74) is 1.80. The first-order valence-electron chi connectivity index (χ1n) is 8.34. The van der Waals surface area contributed by atoms with E-state index in [1.807, 2.05) is 4.90 Å². The second-order valence-corrected chi connectivity index (χ2v) is 6.83. The number of likely N-dealkylation sites (tertiary alicyclic amines) is 1. The van der Waals surface area contributed by atoms with Crippen molar-refractivity contribution in [3.8, 4) is 5.88 Å². The molecule has 1 aliphatic rings. The molecule has 1 aliphatic heterocycles. The van der Waals surface area contributed by atoms with Gasteiger partial charge < -0.3 is 10.1 Å². The summed E-state index contributed by atoms with van der Waals surface area (Å²) in [5, 5.41) is 4.46. The standard InChI is InChI=1S/C17H20F2N4O2S/c1-12-14(11-26-22-12)16(24)21-13-2-3-15(20-10-13)25-9-8-23-6-4-17(18,19)5-7-23/h2-3,10-11H,4-9H2,1H3,(H,21,24). The number of nitrogens with one attached hydrogen (secondary N) is 1. The third kappa shape index (κ3) is 4.95. The van der Waals surface area contributed by atoms with E-state index in [1.54, 1.807) is 24.4 Å². The van der Waals surface area contributed by atoms with Gasteiger partial charge in [-0.05, 0) is 24.5 Å². The maximum Gasteiger partial charge on any atom is 0.258 e. The summed E-state index contributed by atoms with van der Waals surface area (Å²) in [7, 11) is 0. The van der Waals surface area contributed by atoms with Crippen molar-refractivity contribution in [3.63, 3.8) is 0 Å². The van der Waals surface area contributed by atoms with Crippen LogP contribution in [0.5, 0.6) is 5.88 Å². The van der Waals surface area contributed by atoms with Crippen LogP contribution in [-0.4, -0.2) is 52.3 Å². The number of hydrogen-bond donors (Lipinski definition) is 1. The van der Waals surface area contributed by atoms with E-state index < -0.39 is 5.92 Å². The first kappa shape index (κ1) is 18.7. The lowest BCUT2D eigenvalue weighted by Crippen LogP contribution is -2.41. The molecule has 0 saturated carbocycles. The van der Waals surface area contributed by atoms with Crippen LogP contribution in [0.25, 0.3) is 0 Å². The number of ether oxygens (including phenoxy) is 1. The van der Waals surface area contributed by atoms with Crippen LogP contribution >= 0.6 is 11.5 Å². The molecule has 2 aromatic heterocycles. The van der Waals surface area contributed by atoms with Gasteiger partial charge >= 0.3 is 0 Å². The van der Waals surface area contributed by atoms with Crippen LogP contribution in [0.15, 0.2) is 23.7 Å². The highest BCUT2D eigenvalue weighted by Crippen LogP contribution is 2.27. The monoisotopic (exact) mass is 382 g/mol. The summed E-state index contributed by atoms with van der Waals surface area (Å²) >= 11 is 1.24. The molecule has 2 aromatic rings. The number of anilines is 1. The zero-order valence-corrected chi connectivity index (χ0v) is 15.2. The van der Waals surface area contributed by atoms with Gasteiger partial charge in [-0.2, -0.15) is 4.37 Å². The molecule has 1 saturated heterocycles. The summed E-state index contributed by atoms with van der Waals surface area (Å²) in [5.74, 6) is -2.33. The number of alkyl halides is 2. The van der Waals surface area contributed by atoms with Crippen molar-refractivity contribution in [2.75, 3.05) is 31.6 Å². The Morgan fingerprint density at radius 2 is 2.15 bits per heavy atom. The Morgan fingerprint density at radius 1 is 1.38 bits per heavy atom. The minimum Gasteiger partial charge on any atom is -0.476 e. The Labute approximate surface area is 154 Å². The van der Waals surface area contributed by atoms with Gasteiger partial charge in [0.05, 0.1) is 23.1 Å². The van der Waals surface area contributed by atoms with Crippen LogP contribution < -0.4 is 10.1 Å². The number of carbonyl (C=O) groups excluding carboxylic acids is 1. The maximum atomic E-state index is 13.1. The van der Waals surface area contributed by atoms with Crippen molar-refractivity contribution in [1.82, 2.24) is 14.3 Å². The predicted molar refractivity (Wildman–Crippen MR) is 95.2 cm³/mol. The number of piperidine rings is 1. The Bertz CT molecular complexity index is 741. The summed E-state index contributed by atoms with van der Waals surface area (Å²) in [6.07, 6.45) is 1.32. The van der Waals surface area contributed by atoms with Crippen LogP contribution in [0.2, 0.25) is 0 Å². The van der Waals surface area contributed by atoms with Crippen LogP contribution in [0.4, 0.5) is 14.5 Å². The van der Waals surface area contributed by atoms with Crippen LogP contribution in [0.1, 0.15) is 28.9 Å². The van der Waals surface area contributed by atoms with Gasteiger partial charge in [0.15, 0.2) is 0 Å². The fourth-order valence-corrected chi connectivity index (χ4v) is 3.32. The fourth-order valence-electron chi connectivity index (χ4n) is 2.63. The third-order valence-corrected chi connectivity index (χ3v) is 4.95. The first-order chi connectivity index (χ1) is 12.4. The molecule has 6 nitrogen and oxygen atoms in total. The second kappa shape index (κ2) is 8.05. The molecule has 9 heteroatoms. The van der Waals surface area contributed by atoms with Gasteiger partial charge in [0.1, 0.15) is 6.61 Å². The van der Waals surface area contributed by atoms with Gasteiger partial charge in [-0.3, -0.25) is 9.69 Å². The minimum absolute atomic E-state index is 0.0984.